The van der Waals surface area contributed by atoms with Gasteiger partial charge in [-0.3, -0.25) is 9.69 Å². The van der Waals surface area contributed by atoms with Crippen LogP contribution in [0, 0.1) is 0 Å². The molecule has 0 N–H and O–H groups in total. The Morgan fingerprint density at radius 2 is 1.87 bits per heavy atom. The number of benzene rings is 1. The summed E-state index contributed by atoms with van der Waals surface area (Å²) < 4.78 is 5.52. The van der Waals surface area contributed by atoms with E-state index in [1.54, 1.807) is 22.8 Å². The van der Waals surface area contributed by atoms with Crippen LogP contribution in [0.3, 0.4) is 0 Å². The summed E-state index contributed by atoms with van der Waals surface area (Å²) in [5.74, 6) is 0.0573. The van der Waals surface area contributed by atoms with E-state index in [4.69, 9.17) is 16.3 Å². The Balaban J connectivity index is 1.92. The molecule has 6 heteroatoms. The lowest BCUT2D eigenvalue weighted by Gasteiger charge is -2.48. The number of ether oxygens (including phenoxy) is 1. The number of carbonyl (C=O) groups is 2. The Morgan fingerprint density at radius 1 is 1.22 bits per heavy atom. The van der Waals surface area contributed by atoms with E-state index < -0.39 is 5.60 Å². The maximum atomic E-state index is 12.6. The van der Waals surface area contributed by atoms with Gasteiger partial charge in [0.1, 0.15) is 5.60 Å². The van der Waals surface area contributed by atoms with Crippen molar-refractivity contribution in [2.75, 3.05) is 24.5 Å². The molecular weight excluding hydrogens is 316 g/mol. The van der Waals surface area contributed by atoms with Gasteiger partial charge in [-0.05, 0) is 38.5 Å². The number of hydrogen-bond acceptors (Lipinski definition) is 3. The van der Waals surface area contributed by atoms with Gasteiger partial charge in [-0.1, -0.05) is 17.7 Å². The van der Waals surface area contributed by atoms with Crippen molar-refractivity contribution < 1.29 is 14.3 Å². The van der Waals surface area contributed by atoms with Crippen LogP contribution in [0.4, 0.5) is 10.5 Å². The average Bonchev–Trinajstić information content (AvgIpc) is 2.69. The summed E-state index contributed by atoms with van der Waals surface area (Å²) >= 11 is 6.12. The second kappa shape index (κ2) is 5.13. The summed E-state index contributed by atoms with van der Waals surface area (Å²) in [4.78, 5) is 27.5. The molecule has 2 aliphatic rings. The highest BCUT2D eigenvalue weighted by Crippen LogP contribution is 2.47. The number of carbonyl (C=O) groups excluding carboxylic acids is 2. The van der Waals surface area contributed by atoms with E-state index in [9.17, 15) is 9.59 Å². The first kappa shape index (κ1) is 16.1. The third-order valence-corrected chi connectivity index (χ3v) is 4.56. The van der Waals surface area contributed by atoms with Gasteiger partial charge in [-0.2, -0.15) is 0 Å². The molecule has 3 rings (SSSR count). The average molecular weight is 337 g/mol. The number of nitrogens with zero attached hydrogens (tertiary/aromatic N) is 2. The zero-order chi connectivity index (χ0) is 17.0. The fraction of sp³-hybridized carbons (Fsp3) is 0.529. The Kier molecular flexibility index (Phi) is 3.59. The molecule has 0 bridgehead atoms. The Morgan fingerprint density at radius 3 is 2.43 bits per heavy atom. The third kappa shape index (κ3) is 2.78. The summed E-state index contributed by atoms with van der Waals surface area (Å²) in [6.45, 7) is 8.85. The molecule has 0 atom stereocenters. The van der Waals surface area contributed by atoms with Crippen LogP contribution in [-0.4, -0.2) is 42.1 Å². The second-order valence-corrected chi connectivity index (χ2v) is 7.82. The van der Waals surface area contributed by atoms with Crippen molar-refractivity contribution in [3.05, 3.63) is 28.8 Å². The fourth-order valence-electron chi connectivity index (χ4n) is 3.31. The number of rotatable bonds is 0. The number of amides is 2. The van der Waals surface area contributed by atoms with Gasteiger partial charge in [0, 0.05) is 31.6 Å². The van der Waals surface area contributed by atoms with Crippen molar-refractivity contribution in [1.29, 1.82) is 0 Å². The minimum absolute atomic E-state index is 0.0573. The molecule has 2 heterocycles. The maximum absolute atomic E-state index is 12.6. The van der Waals surface area contributed by atoms with Crippen LogP contribution in [0.1, 0.15) is 33.3 Å². The van der Waals surface area contributed by atoms with Crippen molar-refractivity contribution in [3.8, 4) is 0 Å². The lowest BCUT2D eigenvalue weighted by molar-refractivity contribution is -0.136. The van der Waals surface area contributed by atoms with E-state index >= 15 is 0 Å². The minimum Gasteiger partial charge on any atom is -0.443 e. The Hall–Kier alpha value is -1.75. The van der Waals surface area contributed by atoms with E-state index in [0.717, 1.165) is 11.3 Å². The van der Waals surface area contributed by atoms with Crippen LogP contribution in [0.15, 0.2) is 18.2 Å². The molecule has 1 spiro atoms. The molecule has 0 radical (unpaired) electrons. The Bertz CT molecular complexity index is 675. The van der Waals surface area contributed by atoms with Gasteiger partial charge >= 0.3 is 6.09 Å². The standard InChI is InChI=1S/C17H21ClN2O3/c1-11(21)19-8-17(9-19)10-20(15(22)23-16(2,3)4)14-7-12(18)5-6-13(14)17/h5-7H,8-10H2,1-4H3. The number of likely N-dealkylation sites (tertiary alicyclic amines) is 1. The highest BCUT2D eigenvalue weighted by atomic mass is 35.5. The monoisotopic (exact) mass is 336 g/mol. The topological polar surface area (TPSA) is 49.9 Å². The molecular formula is C17H21ClN2O3. The first-order valence-electron chi connectivity index (χ1n) is 7.67. The SMILES string of the molecule is CC(=O)N1CC2(C1)CN(C(=O)OC(C)(C)C)c1cc(Cl)ccc12. The molecule has 23 heavy (non-hydrogen) atoms. The van der Waals surface area contributed by atoms with Crippen molar-refractivity contribution in [1.82, 2.24) is 4.90 Å². The van der Waals surface area contributed by atoms with Gasteiger partial charge < -0.3 is 9.64 Å². The van der Waals surface area contributed by atoms with Crippen LogP contribution in [0.25, 0.3) is 0 Å². The molecule has 2 aliphatic heterocycles. The second-order valence-electron chi connectivity index (χ2n) is 7.38. The van der Waals surface area contributed by atoms with Crippen LogP contribution in [0.2, 0.25) is 5.02 Å². The van der Waals surface area contributed by atoms with Gasteiger partial charge in [0.25, 0.3) is 0 Å². The summed E-state index contributed by atoms with van der Waals surface area (Å²) in [6, 6.07) is 5.59. The first-order valence-corrected chi connectivity index (χ1v) is 8.05. The fourth-order valence-corrected chi connectivity index (χ4v) is 3.47. The minimum atomic E-state index is -0.559. The van der Waals surface area contributed by atoms with E-state index in [-0.39, 0.29) is 17.4 Å². The van der Waals surface area contributed by atoms with E-state index in [2.05, 4.69) is 0 Å². The molecule has 124 valence electrons. The van der Waals surface area contributed by atoms with Crippen molar-refractivity contribution in [2.24, 2.45) is 0 Å². The molecule has 1 saturated heterocycles. The maximum Gasteiger partial charge on any atom is 0.414 e. The molecule has 0 unspecified atom stereocenters. The number of fused-ring (bicyclic) bond motifs is 2. The van der Waals surface area contributed by atoms with E-state index in [1.165, 1.54) is 0 Å². The molecule has 0 saturated carbocycles. The van der Waals surface area contributed by atoms with Gasteiger partial charge in [0.2, 0.25) is 5.91 Å². The quantitative estimate of drug-likeness (QED) is 0.731. The molecule has 1 aromatic carbocycles. The predicted octanol–water partition coefficient (Wildman–Crippen LogP) is 3.20. The largest absolute Gasteiger partial charge is 0.443 e. The first-order chi connectivity index (χ1) is 10.6. The molecule has 2 amide bonds. The van der Waals surface area contributed by atoms with Crippen molar-refractivity contribution >= 4 is 29.3 Å². The van der Waals surface area contributed by atoms with Gasteiger partial charge in [-0.15, -0.1) is 0 Å². The van der Waals surface area contributed by atoms with Crippen LogP contribution in [-0.2, 0) is 14.9 Å². The van der Waals surface area contributed by atoms with E-state index in [1.807, 2.05) is 32.9 Å². The number of halogens is 1. The van der Waals surface area contributed by atoms with Crippen LogP contribution < -0.4 is 4.90 Å². The molecule has 1 fully saturated rings. The lowest BCUT2D eigenvalue weighted by atomic mass is 9.75. The molecule has 0 aromatic heterocycles. The van der Waals surface area contributed by atoms with Gasteiger partial charge in [0.05, 0.1) is 11.1 Å². The van der Waals surface area contributed by atoms with Crippen LogP contribution >= 0.6 is 11.6 Å². The highest BCUT2D eigenvalue weighted by molar-refractivity contribution is 6.31. The summed E-state index contributed by atoms with van der Waals surface area (Å²) in [6.07, 6.45) is -0.376. The predicted molar refractivity (Wildman–Crippen MR) is 89.0 cm³/mol. The summed E-state index contributed by atoms with van der Waals surface area (Å²) in [7, 11) is 0. The van der Waals surface area contributed by atoms with Crippen molar-refractivity contribution in [3.63, 3.8) is 0 Å². The highest BCUT2D eigenvalue weighted by Gasteiger charge is 2.53. The van der Waals surface area contributed by atoms with Crippen LogP contribution in [0.5, 0.6) is 0 Å². The normalized spacial score (nSPS) is 18.7. The molecule has 0 aliphatic carbocycles. The number of anilines is 1. The summed E-state index contributed by atoms with van der Waals surface area (Å²) in [5.41, 5.74) is 1.08. The Labute approximate surface area is 141 Å². The van der Waals surface area contributed by atoms with Gasteiger partial charge in [0.15, 0.2) is 0 Å². The molecule has 5 nitrogen and oxygen atoms in total. The molecule has 1 aromatic rings. The van der Waals surface area contributed by atoms with Gasteiger partial charge in [-0.25, -0.2) is 4.79 Å². The zero-order valence-electron chi connectivity index (χ0n) is 13.9. The van der Waals surface area contributed by atoms with E-state index in [0.29, 0.717) is 24.7 Å². The lowest BCUT2D eigenvalue weighted by Crippen LogP contribution is -2.62. The zero-order valence-corrected chi connectivity index (χ0v) is 14.6. The third-order valence-electron chi connectivity index (χ3n) is 4.33. The van der Waals surface area contributed by atoms with Crippen molar-refractivity contribution in [2.45, 2.75) is 38.7 Å². The summed E-state index contributed by atoms with van der Waals surface area (Å²) in [5, 5.41) is 0.581. The smallest absolute Gasteiger partial charge is 0.414 e. The number of hydrogen-bond donors (Lipinski definition) is 0.